The molecule has 0 spiro atoms. The highest BCUT2D eigenvalue weighted by Crippen LogP contribution is 2.14. The van der Waals surface area contributed by atoms with E-state index in [1.165, 1.54) is 6.92 Å². The number of rotatable bonds is 7. The molecule has 0 amide bonds. The quantitative estimate of drug-likeness (QED) is 0.443. The highest BCUT2D eigenvalue weighted by atomic mass is 16.4. The minimum absolute atomic E-state index is 0.166. The van der Waals surface area contributed by atoms with Crippen molar-refractivity contribution in [2.24, 2.45) is 0 Å². The fourth-order valence-electron chi connectivity index (χ4n) is 1.26. The summed E-state index contributed by atoms with van der Waals surface area (Å²) in [4.78, 5) is 10.6. The van der Waals surface area contributed by atoms with Crippen LogP contribution < -0.4 is 0 Å². The lowest BCUT2D eigenvalue weighted by Crippen LogP contribution is -2.13. The van der Waals surface area contributed by atoms with Gasteiger partial charge in [0, 0.05) is 12.2 Å². The first-order valence-corrected chi connectivity index (χ1v) is 5.20. The van der Waals surface area contributed by atoms with Crippen LogP contribution in [0, 0.1) is 0 Å². The SMILES string of the molecule is CC(C(=O)O)=C(C)C(O)CCCCCO. The van der Waals surface area contributed by atoms with Gasteiger partial charge in [0.25, 0.3) is 0 Å². The van der Waals surface area contributed by atoms with E-state index in [0.29, 0.717) is 12.0 Å². The number of unbranched alkanes of at least 4 members (excludes halogenated alkanes) is 2. The van der Waals surface area contributed by atoms with E-state index in [1.807, 2.05) is 0 Å². The Hall–Kier alpha value is -0.870. The molecule has 3 N–H and O–H groups in total. The zero-order valence-electron chi connectivity index (χ0n) is 9.36. The van der Waals surface area contributed by atoms with Gasteiger partial charge in [-0.05, 0) is 32.3 Å². The molecular formula is C11H20O4. The summed E-state index contributed by atoms with van der Waals surface area (Å²) in [5.74, 6) is -0.984. The molecule has 0 aliphatic carbocycles. The number of hydrogen-bond donors (Lipinski definition) is 3. The average Bonchev–Trinajstić information content (AvgIpc) is 2.21. The fraction of sp³-hybridized carbons (Fsp3) is 0.727. The third-order valence-electron chi connectivity index (χ3n) is 2.55. The Labute approximate surface area is 90.2 Å². The van der Waals surface area contributed by atoms with Crippen LogP contribution >= 0.6 is 0 Å². The standard InChI is InChI=1S/C11H20O4/c1-8(9(2)11(14)15)10(13)6-4-3-5-7-12/h10,12-13H,3-7H2,1-2H3,(H,14,15). The van der Waals surface area contributed by atoms with Crippen molar-refractivity contribution in [3.05, 3.63) is 11.1 Å². The molecule has 0 heterocycles. The lowest BCUT2D eigenvalue weighted by Gasteiger charge is -2.12. The summed E-state index contributed by atoms with van der Waals surface area (Å²) < 4.78 is 0. The Bertz CT molecular complexity index is 233. The van der Waals surface area contributed by atoms with E-state index >= 15 is 0 Å². The molecule has 4 heteroatoms. The summed E-state index contributed by atoms with van der Waals surface area (Å²) in [7, 11) is 0. The summed E-state index contributed by atoms with van der Waals surface area (Å²) in [5, 5.41) is 26.9. The van der Waals surface area contributed by atoms with E-state index in [0.717, 1.165) is 19.3 Å². The topological polar surface area (TPSA) is 77.8 Å². The van der Waals surface area contributed by atoms with Crippen LogP contribution in [0.15, 0.2) is 11.1 Å². The summed E-state index contributed by atoms with van der Waals surface area (Å²) in [6, 6.07) is 0. The Kier molecular flexibility index (Phi) is 6.99. The van der Waals surface area contributed by atoms with Crippen molar-refractivity contribution in [2.45, 2.75) is 45.6 Å². The largest absolute Gasteiger partial charge is 0.478 e. The van der Waals surface area contributed by atoms with Crippen molar-refractivity contribution < 1.29 is 20.1 Å². The molecule has 15 heavy (non-hydrogen) atoms. The fourth-order valence-corrected chi connectivity index (χ4v) is 1.26. The molecule has 0 aromatic heterocycles. The van der Waals surface area contributed by atoms with Gasteiger partial charge in [0.05, 0.1) is 6.10 Å². The summed E-state index contributed by atoms with van der Waals surface area (Å²) in [6.45, 7) is 3.30. The smallest absolute Gasteiger partial charge is 0.331 e. The minimum atomic E-state index is -0.984. The summed E-state index contributed by atoms with van der Waals surface area (Å²) in [6.07, 6.45) is 2.25. The molecule has 1 atom stereocenters. The van der Waals surface area contributed by atoms with E-state index in [4.69, 9.17) is 10.2 Å². The monoisotopic (exact) mass is 216 g/mol. The first-order valence-electron chi connectivity index (χ1n) is 5.20. The lowest BCUT2D eigenvalue weighted by molar-refractivity contribution is -0.132. The number of aliphatic hydroxyl groups is 2. The Morgan fingerprint density at radius 3 is 2.27 bits per heavy atom. The molecule has 0 rings (SSSR count). The predicted molar refractivity (Wildman–Crippen MR) is 57.6 cm³/mol. The van der Waals surface area contributed by atoms with Crippen molar-refractivity contribution in [2.75, 3.05) is 6.61 Å². The van der Waals surface area contributed by atoms with Gasteiger partial charge in [0.1, 0.15) is 0 Å². The maximum atomic E-state index is 10.6. The number of aliphatic carboxylic acids is 1. The van der Waals surface area contributed by atoms with Gasteiger partial charge in [-0.2, -0.15) is 0 Å². The van der Waals surface area contributed by atoms with Crippen LogP contribution in [0.2, 0.25) is 0 Å². The Balaban J connectivity index is 4.04. The maximum absolute atomic E-state index is 10.6. The van der Waals surface area contributed by atoms with Crippen LogP contribution in [0.5, 0.6) is 0 Å². The highest BCUT2D eigenvalue weighted by molar-refractivity contribution is 5.86. The molecule has 88 valence electrons. The predicted octanol–water partition coefficient (Wildman–Crippen LogP) is 1.32. The molecule has 4 nitrogen and oxygen atoms in total. The van der Waals surface area contributed by atoms with Crippen molar-refractivity contribution in [1.29, 1.82) is 0 Å². The zero-order valence-corrected chi connectivity index (χ0v) is 9.36. The van der Waals surface area contributed by atoms with Gasteiger partial charge in [0.15, 0.2) is 0 Å². The number of hydrogen-bond acceptors (Lipinski definition) is 3. The first kappa shape index (κ1) is 14.1. The third kappa shape index (κ3) is 5.54. The molecule has 0 saturated heterocycles. The molecule has 0 fully saturated rings. The Morgan fingerprint density at radius 2 is 1.80 bits per heavy atom. The van der Waals surface area contributed by atoms with Crippen LogP contribution in [0.25, 0.3) is 0 Å². The second kappa shape index (κ2) is 7.43. The first-order chi connectivity index (χ1) is 7.00. The van der Waals surface area contributed by atoms with Gasteiger partial charge >= 0.3 is 5.97 Å². The number of carbonyl (C=O) groups is 1. The van der Waals surface area contributed by atoms with Gasteiger partial charge < -0.3 is 15.3 Å². The van der Waals surface area contributed by atoms with Crippen LogP contribution in [-0.4, -0.2) is 34.0 Å². The maximum Gasteiger partial charge on any atom is 0.331 e. The van der Waals surface area contributed by atoms with Crippen LogP contribution in [-0.2, 0) is 4.79 Å². The average molecular weight is 216 g/mol. The second-order valence-electron chi connectivity index (χ2n) is 3.70. The van der Waals surface area contributed by atoms with Crippen LogP contribution in [0.3, 0.4) is 0 Å². The van der Waals surface area contributed by atoms with Gasteiger partial charge in [-0.1, -0.05) is 12.8 Å². The zero-order chi connectivity index (χ0) is 11.8. The van der Waals surface area contributed by atoms with Crippen LogP contribution in [0.4, 0.5) is 0 Å². The summed E-state index contributed by atoms with van der Waals surface area (Å²) in [5.41, 5.74) is 0.733. The van der Waals surface area contributed by atoms with Gasteiger partial charge in [-0.3, -0.25) is 0 Å². The van der Waals surface area contributed by atoms with Crippen molar-refractivity contribution in [3.8, 4) is 0 Å². The number of aliphatic hydroxyl groups excluding tert-OH is 2. The van der Waals surface area contributed by atoms with Gasteiger partial charge in [0.2, 0.25) is 0 Å². The normalized spacial score (nSPS) is 14.7. The van der Waals surface area contributed by atoms with Crippen molar-refractivity contribution in [1.82, 2.24) is 0 Å². The van der Waals surface area contributed by atoms with E-state index in [9.17, 15) is 9.90 Å². The molecule has 0 radical (unpaired) electrons. The van der Waals surface area contributed by atoms with E-state index < -0.39 is 12.1 Å². The molecule has 0 aromatic carbocycles. The molecule has 0 saturated carbocycles. The van der Waals surface area contributed by atoms with E-state index in [2.05, 4.69) is 0 Å². The molecule has 0 aliphatic rings. The second-order valence-corrected chi connectivity index (χ2v) is 3.70. The molecule has 0 aliphatic heterocycles. The molecule has 0 bridgehead atoms. The lowest BCUT2D eigenvalue weighted by atomic mass is 10.0. The molecule has 1 unspecified atom stereocenters. The summed E-state index contributed by atoms with van der Waals surface area (Å²) >= 11 is 0. The minimum Gasteiger partial charge on any atom is -0.478 e. The van der Waals surface area contributed by atoms with Crippen molar-refractivity contribution >= 4 is 5.97 Å². The van der Waals surface area contributed by atoms with E-state index in [1.54, 1.807) is 6.92 Å². The number of carboxylic acid groups (broad SMARTS) is 1. The molecular weight excluding hydrogens is 196 g/mol. The number of carboxylic acids is 1. The van der Waals surface area contributed by atoms with Gasteiger partial charge in [-0.25, -0.2) is 4.79 Å². The third-order valence-corrected chi connectivity index (χ3v) is 2.55. The highest BCUT2D eigenvalue weighted by Gasteiger charge is 2.12. The van der Waals surface area contributed by atoms with Gasteiger partial charge in [-0.15, -0.1) is 0 Å². The van der Waals surface area contributed by atoms with Crippen LogP contribution in [0.1, 0.15) is 39.5 Å². The molecule has 0 aromatic rings. The Morgan fingerprint density at radius 1 is 1.20 bits per heavy atom. The van der Waals surface area contributed by atoms with E-state index in [-0.39, 0.29) is 12.2 Å². The van der Waals surface area contributed by atoms with Crippen molar-refractivity contribution in [3.63, 3.8) is 0 Å².